The predicted molar refractivity (Wildman–Crippen MR) is 77.8 cm³/mol. The summed E-state index contributed by atoms with van der Waals surface area (Å²) in [5, 5.41) is 3.51. The van der Waals surface area contributed by atoms with Gasteiger partial charge in [0.05, 0.1) is 31.0 Å². The number of halogens is 1. The van der Waals surface area contributed by atoms with Gasteiger partial charge in [0.15, 0.2) is 0 Å². The number of hydrogen-bond acceptors (Lipinski definition) is 3. The van der Waals surface area contributed by atoms with Crippen LogP contribution in [0.15, 0.2) is 35.2 Å². The molecule has 1 saturated heterocycles. The van der Waals surface area contributed by atoms with Gasteiger partial charge in [0.1, 0.15) is 5.75 Å². The highest BCUT2D eigenvalue weighted by Crippen LogP contribution is 2.31. The summed E-state index contributed by atoms with van der Waals surface area (Å²) >= 11 is 3.51. The molecule has 1 aromatic heterocycles. The Kier molecular flexibility index (Phi) is 3.57. The molecule has 4 nitrogen and oxygen atoms in total. The van der Waals surface area contributed by atoms with Gasteiger partial charge in [-0.2, -0.15) is 0 Å². The van der Waals surface area contributed by atoms with Crippen LogP contribution in [0.25, 0.3) is 5.69 Å². The van der Waals surface area contributed by atoms with Gasteiger partial charge in [-0.25, -0.2) is 4.98 Å². The molecule has 3 rings (SSSR count). The van der Waals surface area contributed by atoms with Gasteiger partial charge in [-0.1, -0.05) is 15.9 Å². The van der Waals surface area contributed by atoms with Crippen LogP contribution in [-0.2, 0) is 0 Å². The number of imidazole rings is 1. The molecular weight excluding hydrogens is 306 g/mol. The lowest BCUT2D eigenvalue weighted by molar-refractivity contribution is 0.412. The second-order valence-electron chi connectivity index (χ2n) is 4.65. The minimum absolute atomic E-state index is 0.381. The summed E-state index contributed by atoms with van der Waals surface area (Å²) in [5.74, 6) is 0.848. The Morgan fingerprint density at radius 3 is 3.11 bits per heavy atom. The molecule has 2 aromatic rings. The molecular formula is C14H16BrN3O. The van der Waals surface area contributed by atoms with Crippen molar-refractivity contribution in [2.24, 2.45) is 0 Å². The van der Waals surface area contributed by atoms with E-state index >= 15 is 0 Å². The fraction of sp³-hybridized carbons (Fsp3) is 0.357. The summed E-state index contributed by atoms with van der Waals surface area (Å²) in [6.45, 7) is 1.07. The molecule has 0 bridgehead atoms. The zero-order valence-corrected chi connectivity index (χ0v) is 12.4. The first-order valence-corrected chi connectivity index (χ1v) is 7.18. The molecule has 2 heterocycles. The van der Waals surface area contributed by atoms with Gasteiger partial charge >= 0.3 is 0 Å². The Balaban J connectivity index is 2.07. The van der Waals surface area contributed by atoms with Crippen LogP contribution in [0, 0.1) is 0 Å². The van der Waals surface area contributed by atoms with E-state index in [4.69, 9.17) is 4.74 Å². The average molecular weight is 322 g/mol. The highest BCUT2D eigenvalue weighted by molar-refractivity contribution is 9.10. The average Bonchev–Trinajstić information content (AvgIpc) is 3.09. The van der Waals surface area contributed by atoms with Crippen LogP contribution in [0.3, 0.4) is 0 Å². The summed E-state index contributed by atoms with van der Waals surface area (Å²) in [6, 6.07) is 6.38. The number of methoxy groups -OCH3 is 1. The second kappa shape index (κ2) is 5.35. The number of nitrogens with one attached hydrogen (secondary N) is 1. The molecule has 0 aliphatic carbocycles. The van der Waals surface area contributed by atoms with Gasteiger partial charge in [0.25, 0.3) is 0 Å². The molecule has 0 spiro atoms. The SMILES string of the molecule is COc1ccc(Br)cc1-n1cncc1C1CCCN1. The van der Waals surface area contributed by atoms with Crippen molar-refractivity contribution in [2.75, 3.05) is 13.7 Å². The van der Waals surface area contributed by atoms with E-state index in [-0.39, 0.29) is 0 Å². The smallest absolute Gasteiger partial charge is 0.142 e. The molecule has 0 saturated carbocycles. The molecule has 5 heteroatoms. The predicted octanol–water partition coefficient (Wildman–Crippen LogP) is 3.07. The molecule has 1 unspecified atom stereocenters. The maximum absolute atomic E-state index is 5.45. The van der Waals surface area contributed by atoms with Crippen LogP contribution in [0.1, 0.15) is 24.6 Å². The first-order chi connectivity index (χ1) is 9.29. The van der Waals surface area contributed by atoms with E-state index in [1.165, 1.54) is 12.1 Å². The summed E-state index contributed by atoms with van der Waals surface area (Å²) < 4.78 is 8.59. The molecule has 1 aromatic carbocycles. The van der Waals surface area contributed by atoms with Crippen molar-refractivity contribution in [3.63, 3.8) is 0 Å². The van der Waals surface area contributed by atoms with Crippen LogP contribution in [0.4, 0.5) is 0 Å². The number of nitrogens with zero attached hydrogens (tertiary/aromatic N) is 2. The van der Waals surface area contributed by atoms with Crippen LogP contribution in [0.5, 0.6) is 5.75 Å². The minimum atomic E-state index is 0.381. The normalized spacial score (nSPS) is 18.7. The first-order valence-electron chi connectivity index (χ1n) is 6.39. The number of benzene rings is 1. The zero-order valence-electron chi connectivity index (χ0n) is 10.8. The maximum atomic E-state index is 5.45. The van der Waals surface area contributed by atoms with Crippen molar-refractivity contribution < 1.29 is 4.74 Å². The molecule has 19 heavy (non-hydrogen) atoms. The third-order valence-corrected chi connectivity index (χ3v) is 3.98. The van der Waals surface area contributed by atoms with Crippen molar-refractivity contribution in [1.82, 2.24) is 14.9 Å². The van der Waals surface area contributed by atoms with E-state index < -0.39 is 0 Å². The topological polar surface area (TPSA) is 39.1 Å². The van der Waals surface area contributed by atoms with Crippen LogP contribution < -0.4 is 10.1 Å². The highest BCUT2D eigenvalue weighted by Gasteiger charge is 2.21. The first kappa shape index (κ1) is 12.7. The largest absolute Gasteiger partial charge is 0.495 e. The highest BCUT2D eigenvalue weighted by atomic mass is 79.9. The Bertz CT molecular complexity index is 576. The molecule has 0 radical (unpaired) electrons. The standard InChI is InChI=1S/C14H16BrN3O/c1-19-14-5-4-10(15)7-12(14)18-9-16-8-13(18)11-3-2-6-17-11/h4-5,7-9,11,17H,2-3,6H2,1H3. The Labute approximate surface area is 120 Å². The molecule has 100 valence electrons. The summed E-state index contributed by atoms with van der Waals surface area (Å²) in [4.78, 5) is 4.30. The maximum Gasteiger partial charge on any atom is 0.142 e. The number of ether oxygens (including phenoxy) is 1. The van der Waals surface area contributed by atoms with Crippen molar-refractivity contribution in [1.29, 1.82) is 0 Å². The Morgan fingerprint density at radius 2 is 2.37 bits per heavy atom. The molecule has 0 amide bonds. The molecule has 1 N–H and O–H groups in total. The Hall–Kier alpha value is -1.33. The van der Waals surface area contributed by atoms with Gasteiger partial charge < -0.3 is 10.1 Å². The van der Waals surface area contributed by atoms with Gasteiger partial charge in [-0.15, -0.1) is 0 Å². The van der Waals surface area contributed by atoms with E-state index in [1.54, 1.807) is 7.11 Å². The van der Waals surface area contributed by atoms with Crippen molar-refractivity contribution in [2.45, 2.75) is 18.9 Å². The molecule has 1 aliphatic heterocycles. The van der Waals surface area contributed by atoms with Crippen LogP contribution in [-0.4, -0.2) is 23.2 Å². The van der Waals surface area contributed by atoms with E-state index in [1.807, 2.05) is 24.7 Å². The van der Waals surface area contributed by atoms with Gasteiger partial charge in [-0.05, 0) is 37.6 Å². The lowest BCUT2D eigenvalue weighted by Gasteiger charge is -2.16. The van der Waals surface area contributed by atoms with E-state index in [9.17, 15) is 0 Å². The van der Waals surface area contributed by atoms with Gasteiger partial charge in [-0.3, -0.25) is 4.57 Å². The van der Waals surface area contributed by atoms with Gasteiger partial charge in [0, 0.05) is 10.5 Å². The summed E-state index contributed by atoms with van der Waals surface area (Å²) in [5.41, 5.74) is 2.20. The fourth-order valence-electron chi connectivity index (χ4n) is 2.55. The van der Waals surface area contributed by atoms with Crippen LogP contribution in [0.2, 0.25) is 0 Å². The van der Waals surface area contributed by atoms with Crippen molar-refractivity contribution in [3.8, 4) is 11.4 Å². The summed E-state index contributed by atoms with van der Waals surface area (Å²) in [7, 11) is 1.69. The molecule has 1 atom stereocenters. The monoisotopic (exact) mass is 321 g/mol. The van der Waals surface area contributed by atoms with E-state index in [0.717, 1.165) is 28.9 Å². The number of aromatic nitrogens is 2. The lowest BCUT2D eigenvalue weighted by Crippen LogP contribution is -2.16. The van der Waals surface area contributed by atoms with Crippen LogP contribution >= 0.6 is 15.9 Å². The summed E-state index contributed by atoms with van der Waals surface area (Å²) in [6.07, 6.45) is 6.15. The third-order valence-electron chi connectivity index (χ3n) is 3.48. The van der Waals surface area contributed by atoms with Gasteiger partial charge in [0.2, 0.25) is 0 Å². The second-order valence-corrected chi connectivity index (χ2v) is 5.57. The number of rotatable bonds is 3. The minimum Gasteiger partial charge on any atom is -0.495 e. The molecule has 1 aliphatic rings. The molecule has 1 fully saturated rings. The zero-order chi connectivity index (χ0) is 13.2. The number of hydrogen-bond donors (Lipinski definition) is 1. The fourth-order valence-corrected chi connectivity index (χ4v) is 2.90. The lowest BCUT2D eigenvalue weighted by atomic mass is 10.1. The van der Waals surface area contributed by atoms with Crippen molar-refractivity contribution >= 4 is 15.9 Å². The third kappa shape index (κ3) is 2.40. The quantitative estimate of drug-likeness (QED) is 0.944. The Morgan fingerprint density at radius 1 is 1.47 bits per heavy atom. The van der Waals surface area contributed by atoms with E-state index in [2.05, 4.69) is 36.9 Å². The van der Waals surface area contributed by atoms with E-state index in [0.29, 0.717) is 6.04 Å². The van der Waals surface area contributed by atoms with Crippen molar-refractivity contribution in [3.05, 3.63) is 40.9 Å².